The Kier molecular flexibility index (Phi) is 7.00. The van der Waals surface area contributed by atoms with Gasteiger partial charge < -0.3 is 15.4 Å². The van der Waals surface area contributed by atoms with E-state index in [0.717, 1.165) is 17.5 Å². The van der Waals surface area contributed by atoms with Crippen LogP contribution in [0, 0.1) is 6.92 Å². The van der Waals surface area contributed by atoms with E-state index in [1.165, 1.54) is 4.31 Å². The lowest BCUT2D eigenvalue weighted by atomic mass is 9.76. The lowest BCUT2D eigenvalue weighted by Crippen LogP contribution is -2.49. The summed E-state index contributed by atoms with van der Waals surface area (Å²) in [7, 11) is -4.95. The molecule has 1 saturated heterocycles. The van der Waals surface area contributed by atoms with E-state index in [0.29, 0.717) is 13.0 Å². The van der Waals surface area contributed by atoms with Crippen molar-refractivity contribution in [2.45, 2.75) is 38.5 Å². The fraction of sp³-hybridized carbons (Fsp3) is 0.562. The first kappa shape index (κ1) is 19.9. The zero-order valence-electron chi connectivity index (χ0n) is 14.4. The molecule has 25 heavy (non-hydrogen) atoms. The van der Waals surface area contributed by atoms with Gasteiger partial charge >= 0.3 is 7.12 Å². The number of carbonyl (C=O) groups excluding carboxylic acids is 1. The number of benzene rings is 1. The van der Waals surface area contributed by atoms with Gasteiger partial charge in [0.25, 0.3) is 0 Å². The van der Waals surface area contributed by atoms with Gasteiger partial charge in [0.15, 0.2) is 0 Å². The second-order valence-corrected chi connectivity index (χ2v) is 8.54. The predicted octanol–water partition coefficient (Wildman–Crippen LogP) is -0.150. The summed E-state index contributed by atoms with van der Waals surface area (Å²) in [6.07, 6.45) is 1.73. The summed E-state index contributed by atoms with van der Waals surface area (Å²) >= 11 is 0. The largest absolute Gasteiger partial charge is 0.475 e. The van der Waals surface area contributed by atoms with Crippen LogP contribution in [-0.4, -0.2) is 60.6 Å². The van der Waals surface area contributed by atoms with Gasteiger partial charge in [-0.05, 0) is 31.7 Å². The molecule has 0 aromatic heterocycles. The summed E-state index contributed by atoms with van der Waals surface area (Å²) in [4.78, 5) is 12.1. The third-order valence-electron chi connectivity index (χ3n) is 4.32. The Morgan fingerprint density at radius 3 is 2.56 bits per heavy atom. The number of sulfonamides is 1. The van der Waals surface area contributed by atoms with Crippen molar-refractivity contribution in [1.29, 1.82) is 0 Å². The standard InChI is InChI=1S/C16H25BN2O5S/c1-13-4-6-14(7-5-13)12-15(17(21)22)18-16(20)8-10-19-9-2-3-11-25(19,23)24/h4-7,15,21-22H,2-3,8-12H2,1H3,(H,18,20)/t15-/m0/s1. The molecule has 138 valence electrons. The molecule has 0 spiro atoms. The fourth-order valence-corrected chi connectivity index (χ4v) is 4.41. The Bertz CT molecular complexity index is 678. The molecular weight excluding hydrogens is 343 g/mol. The van der Waals surface area contributed by atoms with Crippen molar-refractivity contribution >= 4 is 23.0 Å². The topological polar surface area (TPSA) is 107 Å². The Balaban J connectivity index is 1.88. The number of rotatable bonds is 7. The highest BCUT2D eigenvalue weighted by atomic mass is 32.2. The van der Waals surface area contributed by atoms with E-state index in [2.05, 4.69) is 5.32 Å². The summed E-state index contributed by atoms with van der Waals surface area (Å²) in [6, 6.07) is 7.58. The SMILES string of the molecule is Cc1ccc(C[C@H](NC(=O)CCN2CCCCS2(=O)=O)B(O)O)cc1. The molecule has 2 rings (SSSR count). The van der Waals surface area contributed by atoms with Crippen molar-refractivity contribution in [2.75, 3.05) is 18.8 Å². The molecule has 1 atom stereocenters. The summed E-state index contributed by atoms with van der Waals surface area (Å²) in [5, 5.41) is 21.6. The third-order valence-corrected chi connectivity index (χ3v) is 6.28. The van der Waals surface area contributed by atoms with Crippen LogP contribution in [0.5, 0.6) is 0 Å². The molecule has 0 radical (unpaired) electrons. The van der Waals surface area contributed by atoms with Gasteiger partial charge in [-0.25, -0.2) is 12.7 Å². The molecule has 1 aromatic rings. The average Bonchev–Trinajstić information content (AvgIpc) is 2.54. The minimum Gasteiger partial charge on any atom is -0.426 e. The van der Waals surface area contributed by atoms with E-state index in [1.807, 2.05) is 31.2 Å². The lowest BCUT2D eigenvalue weighted by Gasteiger charge is -2.26. The smallest absolute Gasteiger partial charge is 0.426 e. The van der Waals surface area contributed by atoms with E-state index in [1.54, 1.807) is 0 Å². The van der Waals surface area contributed by atoms with Crippen LogP contribution >= 0.6 is 0 Å². The van der Waals surface area contributed by atoms with Crippen LogP contribution in [0.1, 0.15) is 30.4 Å². The Morgan fingerprint density at radius 2 is 1.96 bits per heavy atom. The van der Waals surface area contributed by atoms with Gasteiger partial charge in [-0.15, -0.1) is 0 Å². The van der Waals surface area contributed by atoms with Crippen LogP contribution < -0.4 is 5.32 Å². The number of aryl methyl sites for hydroxylation is 1. The molecule has 0 bridgehead atoms. The van der Waals surface area contributed by atoms with E-state index < -0.39 is 29.0 Å². The maximum atomic E-state index is 12.1. The van der Waals surface area contributed by atoms with Crippen LogP contribution in [0.15, 0.2) is 24.3 Å². The van der Waals surface area contributed by atoms with Crippen LogP contribution in [-0.2, 0) is 21.2 Å². The van der Waals surface area contributed by atoms with Gasteiger partial charge in [-0.2, -0.15) is 0 Å². The van der Waals surface area contributed by atoms with Gasteiger partial charge in [-0.3, -0.25) is 4.79 Å². The van der Waals surface area contributed by atoms with Crippen molar-refractivity contribution in [3.05, 3.63) is 35.4 Å². The van der Waals surface area contributed by atoms with Crippen LogP contribution in [0.4, 0.5) is 0 Å². The second kappa shape index (κ2) is 8.80. The maximum Gasteiger partial charge on any atom is 0.475 e. The lowest BCUT2D eigenvalue weighted by molar-refractivity contribution is -0.121. The van der Waals surface area contributed by atoms with E-state index in [-0.39, 0.29) is 25.1 Å². The minimum absolute atomic E-state index is 0.00362. The van der Waals surface area contributed by atoms with Gasteiger partial charge in [0, 0.05) is 19.5 Å². The van der Waals surface area contributed by atoms with Crippen LogP contribution in [0.25, 0.3) is 0 Å². The number of hydrogen-bond acceptors (Lipinski definition) is 5. The predicted molar refractivity (Wildman–Crippen MR) is 96.2 cm³/mol. The van der Waals surface area contributed by atoms with Gasteiger partial charge in [0.2, 0.25) is 15.9 Å². The van der Waals surface area contributed by atoms with Gasteiger partial charge in [0.1, 0.15) is 0 Å². The maximum absolute atomic E-state index is 12.1. The average molecular weight is 368 g/mol. The summed E-state index contributed by atoms with van der Waals surface area (Å²) in [5.41, 5.74) is 1.97. The Morgan fingerprint density at radius 1 is 1.28 bits per heavy atom. The van der Waals surface area contributed by atoms with Crippen molar-refractivity contribution in [2.24, 2.45) is 0 Å². The van der Waals surface area contributed by atoms with E-state index in [4.69, 9.17) is 0 Å². The molecule has 1 aliphatic heterocycles. The first-order valence-electron chi connectivity index (χ1n) is 8.47. The van der Waals surface area contributed by atoms with Crippen molar-refractivity contribution in [1.82, 2.24) is 9.62 Å². The molecule has 1 aliphatic rings. The van der Waals surface area contributed by atoms with Crippen molar-refractivity contribution in [3.8, 4) is 0 Å². The molecule has 1 aromatic carbocycles. The highest BCUT2D eigenvalue weighted by molar-refractivity contribution is 7.89. The first-order chi connectivity index (χ1) is 11.8. The number of hydrogen-bond donors (Lipinski definition) is 3. The quantitative estimate of drug-likeness (QED) is 0.581. The zero-order valence-corrected chi connectivity index (χ0v) is 15.2. The number of carbonyl (C=O) groups is 1. The monoisotopic (exact) mass is 368 g/mol. The van der Waals surface area contributed by atoms with Crippen LogP contribution in [0.3, 0.4) is 0 Å². The van der Waals surface area contributed by atoms with Gasteiger partial charge in [-0.1, -0.05) is 29.8 Å². The summed E-state index contributed by atoms with van der Waals surface area (Å²) in [6.45, 7) is 2.51. The second-order valence-electron chi connectivity index (χ2n) is 6.45. The normalized spacial score (nSPS) is 18.5. The highest BCUT2D eigenvalue weighted by Gasteiger charge is 2.28. The van der Waals surface area contributed by atoms with Crippen LogP contribution in [0.2, 0.25) is 0 Å². The number of amides is 1. The molecule has 1 fully saturated rings. The van der Waals surface area contributed by atoms with Crippen molar-refractivity contribution in [3.63, 3.8) is 0 Å². The molecular formula is C16H25BN2O5S. The molecule has 0 unspecified atom stereocenters. The van der Waals surface area contributed by atoms with E-state index >= 15 is 0 Å². The molecule has 9 heteroatoms. The molecule has 0 aliphatic carbocycles. The number of nitrogens with zero attached hydrogens (tertiary/aromatic N) is 1. The molecule has 3 N–H and O–H groups in total. The van der Waals surface area contributed by atoms with E-state index in [9.17, 15) is 23.3 Å². The molecule has 0 saturated carbocycles. The zero-order chi connectivity index (χ0) is 18.4. The third kappa shape index (κ3) is 6.11. The fourth-order valence-electron chi connectivity index (χ4n) is 2.81. The summed E-state index contributed by atoms with van der Waals surface area (Å²) < 4.78 is 25.1. The summed E-state index contributed by atoms with van der Waals surface area (Å²) in [5.74, 6) is -1.11. The molecule has 1 heterocycles. The first-order valence-corrected chi connectivity index (χ1v) is 10.1. The molecule has 7 nitrogen and oxygen atoms in total. The Hall–Kier alpha value is -1.42. The van der Waals surface area contributed by atoms with Gasteiger partial charge in [0.05, 0.1) is 11.7 Å². The molecule has 1 amide bonds. The van der Waals surface area contributed by atoms with Crippen molar-refractivity contribution < 1.29 is 23.3 Å². The number of nitrogens with one attached hydrogen (secondary N) is 1. The minimum atomic E-state index is -3.26. The highest BCUT2D eigenvalue weighted by Crippen LogP contribution is 2.14. The Labute approximate surface area is 149 Å².